The van der Waals surface area contributed by atoms with Crippen LogP contribution in [0.15, 0.2) is 47.4 Å². The first-order valence-electron chi connectivity index (χ1n) is 6.59. The number of rotatable bonds is 6. The predicted octanol–water partition coefficient (Wildman–Crippen LogP) is 3.87. The average molecular weight is 360 g/mol. The minimum Gasteiger partial charge on any atom is -0.494 e. The number of sulfonamides is 1. The molecule has 0 fully saturated rings. The normalized spacial score (nSPS) is 11.4. The first-order chi connectivity index (χ1) is 10.4. The van der Waals surface area contributed by atoms with Gasteiger partial charge < -0.3 is 4.74 Å². The van der Waals surface area contributed by atoms with Crippen LogP contribution < -0.4 is 9.46 Å². The molecule has 0 saturated heterocycles. The lowest BCUT2D eigenvalue weighted by Gasteiger charge is -2.12. The third kappa shape index (κ3) is 4.14. The Hall–Kier alpha value is -1.27. The van der Waals surface area contributed by atoms with Crippen molar-refractivity contribution in [2.75, 3.05) is 6.61 Å². The van der Waals surface area contributed by atoms with Gasteiger partial charge in [-0.3, -0.25) is 0 Å². The Morgan fingerprint density at radius 2 is 1.86 bits per heavy atom. The van der Waals surface area contributed by atoms with E-state index in [9.17, 15) is 8.42 Å². The highest BCUT2D eigenvalue weighted by Crippen LogP contribution is 2.25. The summed E-state index contributed by atoms with van der Waals surface area (Å²) in [6, 6.07) is 11.5. The highest BCUT2D eigenvalue weighted by Gasteiger charge is 2.18. The van der Waals surface area contributed by atoms with Crippen LogP contribution in [0.5, 0.6) is 5.75 Å². The van der Waals surface area contributed by atoms with Gasteiger partial charge in [0.2, 0.25) is 10.0 Å². The van der Waals surface area contributed by atoms with Crippen molar-refractivity contribution in [3.8, 4) is 5.75 Å². The number of para-hydroxylation sites is 1. The second kappa shape index (κ2) is 7.33. The average Bonchev–Trinajstić information content (AvgIpc) is 2.49. The van der Waals surface area contributed by atoms with Crippen LogP contribution in [0.1, 0.15) is 12.5 Å². The number of halogens is 2. The Balaban J connectivity index is 2.22. The molecule has 7 heteroatoms. The van der Waals surface area contributed by atoms with E-state index < -0.39 is 10.0 Å². The van der Waals surface area contributed by atoms with E-state index in [1.54, 1.807) is 12.1 Å². The van der Waals surface area contributed by atoms with Crippen molar-refractivity contribution in [1.29, 1.82) is 0 Å². The molecule has 2 rings (SSSR count). The number of benzene rings is 2. The fourth-order valence-corrected chi connectivity index (χ4v) is 3.65. The minimum atomic E-state index is -3.77. The van der Waals surface area contributed by atoms with E-state index in [0.717, 1.165) is 5.56 Å². The van der Waals surface area contributed by atoms with E-state index in [1.807, 2.05) is 19.1 Å². The first-order valence-corrected chi connectivity index (χ1v) is 8.83. The molecule has 1 N–H and O–H groups in total. The molecule has 0 unspecified atom stereocenters. The van der Waals surface area contributed by atoms with Gasteiger partial charge in [0.05, 0.1) is 11.6 Å². The van der Waals surface area contributed by atoms with Gasteiger partial charge in [-0.2, -0.15) is 0 Å². The summed E-state index contributed by atoms with van der Waals surface area (Å²) >= 11 is 11.8. The van der Waals surface area contributed by atoms with E-state index in [0.29, 0.717) is 17.4 Å². The number of nitrogens with one attached hydrogen (secondary N) is 1. The van der Waals surface area contributed by atoms with Gasteiger partial charge in [0.25, 0.3) is 0 Å². The molecule has 2 aromatic carbocycles. The smallest absolute Gasteiger partial charge is 0.242 e. The Morgan fingerprint density at radius 1 is 1.14 bits per heavy atom. The van der Waals surface area contributed by atoms with Crippen LogP contribution in [0.2, 0.25) is 10.0 Å². The van der Waals surface area contributed by atoms with Crippen molar-refractivity contribution in [3.63, 3.8) is 0 Å². The maximum absolute atomic E-state index is 12.4. The Bertz CT molecular complexity index is 763. The number of hydrogen-bond donors (Lipinski definition) is 1. The standard InChI is InChI=1S/C15H15Cl2NO3S/c1-2-21-14-6-4-3-5-11(14)10-18-22(19,20)15-9-12(16)7-8-13(15)17/h3-9,18H,2,10H2,1H3. The van der Waals surface area contributed by atoms with Gasteiger partial charge in [-0.1, -0.05) is 41.4 Å². The second-order valence-electron chi connectivity index (χ2n) is 4.44. The molecule has 22 heavy (non-hydrogen) atoms. The molecule has 0 aromatic heterocycles. The molecule has 0 radical (unpaired) electrons. The maximum Gasteiger partial charge on any atom is 0.242 e. The van der Waals surface area contributed by atoms with Crippen molar-refractivity contribution in [2.24, 2.45) is 0 Å². The quantitative estimate of drug-likeness (QED) is 0.851. The van der Waals surface area contributed by atoms with Crippen LogP contribution in [0.3, 0.4) is 0 Å². The molecule has 0 aliphatic rings. The van der Waals surface area contributed by atoms with Crippen LogP contribution in [0.4, 0.5) is 0 Å². The molecule has 0 aliphatic heterocycles. The van der Waals surface area contributed by atoms with Crippen molar-refractivity contribution in [3.05, 3.63) is 58.1 Å². The number of ether oxygens (including phenoxy) is 1. The molecular formula is C15H15Cl2NO3S. The molecule has 0 amide bonds. The molecule has 118 valence electrons. The molecule has 0 atom stereocenters. The molecule has 2 aromatic rings. The fourth-order valence-electron chi connectivity index (χ4n) is 1.88. The summed E-state index contributed by atoms with van der Waals surface area (Å²) in [7, 11) is -3.77. The summed E-state index contributed by atoms with van der Waals surface area (Å²) in [4.78, 5) is -0.0458. The van der Waals surface area contributed by atoms with Gasteiger partial charge >= 0.3 is 0 Å². The van der Waals surface area contributed by atoms with Crippen molar-refractivity contribution < 1.29 is 13.2 Å². The maximum atomic E-state index is 12.4. The first kappa shape index (κ1) is 17.1. The zero-order valence-corrected chi connectivity index (χ0v) is 14.2. The van der Waals surface area contributed by atoms with Crippen molar-refractivity contribution >= 4 is 33.2 Å². The Morgan fingerprint density at radius 3 is 2.59 bits per heavy atom. The third-order valence-electron chi connectivity index (χ3n) is 2.91. The van der Waals surface area contributed by atoms with Crippen molar-refractivity contribution in [2.45, 2.75) is 18.4 Å². The van der Waals surface area contributed by atoms with Gasteiger partial charge in [0, 0.05) is 17.1 Å². The molecule has 0 heterocycles. The van der Waals surface area contributed by atoms with E-state index >= 15 is 0 Å². The highest BCUT2D eigenvalue weighted by atomic mass is 35.5. The van der Waals surface area contributed by atoms with Gasteiger partial charge in [0.15, 0.2) is 0 Å². The summed E-state index contributed by atoms with van der Waals surface area (Å²) in [6.45, 7) is 2.47. The summed E-state index contributed by atoms with van der Waals surface area (Å²) < 4.78 is 32.7. The lowest BCUT2D eigenvalue weighted by molar-refractivity contribution is 0.336. The van der Waals surface area contributed by atoms with E-state index in [2.05, 4.69) is 4.72 Å². The van der Waals surface area contributed by atoms with Crippen LogP contribution in [0.25, 0.3) is 0 Å². The second-order valence-corrected chi connectivity index (χ2v) is 7.02. The predicted molar refractivity (Wildman–Crippen MR) is 88.1 cm³/mol. The van der Waals surface area contributed by atoms with Gasteiger partial charge in [-0.15, -0.1) is 0 Å². The van der Waals surface area contributed by atoms with Crippen LogP contribution in [-0.2, 0) is 16.6 Å². The molecular weight excluding hydrogens is 345 g/mol. The Labute approximate surface area is 140 Å². The zero-order chi connectivity index (χ0) is 16.2. The molecule has 0 spiro atoms. The lowest BCUT2D eigenvalue weighted by atomic mass is 10.2. The number of hydrogen-bond acceptors (Lipinski definition) is 3. The zero-order valence-electron chi connectivity index (χ0n) is 11.8. The minimum absolute atomic E-state index is 0.0458. The molecule has 4 nitrogen and oxygen atoms in total. The van der Waals surface area contributed by atoms with Crippen LogP contribution in [-0.4, -0.2) is 15.0 Å². The molecule has 0 aliphatic carbocycles. The van der Waals surface area contributed by atoms with Gasteiger partial charge in [0.1, 0.15) is 10.6 Å². The van der Waals surface area contributed by atoms with Crippen molar-refractivity contribution in [1.82, 2.24) is 4.72 Å². The summed E-state index contributed by atoms with van der Waals surface area (Å²) in [5, 5.41) is 0.425. The van der Waals surface area contributed by atoms with Crippen LogP contribution in [0, 0.1) is 0 Å². The SMILES string of the molecule is CCOc1ccccc1CNS(=O)(=O)c1cc(Cl)ccc1Cl. The van der Waals surface area contributed by atoms with Crippen LogP contribution >= 0.6 is 23.2 Å². The third-order valence-corrected chi connectivity index (χ3v) is 5.03. The van der Waals surface area contributed by atoms with E-state index in [4.69, 9.17) is 27.9 Å². The monoisotopic (exact) mass is 359 g/mol. The summed E-state index contributed by atoms with van der Waals surface area (Å²) in [5.41, 5.74) is 0.742. The Kier molecular flexibility index (Phi) is 5.69. The van der Waals surface area contributed by atoms with E-state index in [-0.39, 0.29) is 16.5 Å². The van der Waals surface area contributed by atoms with Gasteiger partial charge in [-0.05, 0) is 31.2 Å². The highest BCUT2D eigenvalue weighted by molar-refractivity contribution is 7.89. The fraction of sp³-hybridized carbons (Fsp3) is 0.200. The molecule has 0 bridgehead atoms. The summed E-state index contributed by atoms with van der Waals surface area (Å²) in [6.07, 6.45) is 0. The van der Waals surface area contributed by atoms with E-state index in [1.165, 1.54) is 18.2 Å². The molecule has 0 saturated carbocycles. The largest absolute Gasteiger partial charge is 0.494 e. The lowest BCUT2D eigenvalue weighted by Crippen LogP contribution is -2.24. The topological polar surface area (TPSA) is 55.4 Å². The summed E-state index contributed by atoms with van der Waals surface area (Å²) in [5.74, 6) is 0.643. The van der Waals surface area contributed by atoms with Gasteiger partial charge in [-0.25, -0.2) is 13.1 Å².